The van der Waals surface area contributed by atoms with Crippen molar-refractivity contribution in [3.8, 4) is 11.5 Å². The van der Waals surface area contributed by atoms with Crippen molar-refractivity contribution in [2.45, 2.75) is 39.8 Å². The lowest BCUT2D eigenvalue weighted by atomic mass is 10.1. The summed E-state index contributed by atoms with van der Waals surface area (Å²) in [4.78, 5) is 19.4. The van der Waals surface area contributed by atoms with Gasteiger partial charge in [0.15, 0.2) is 0 Å². The van der Waals surface area contributed by atoms with Gasteiger partial charge in [0, 0.05) is 50.4 Å². The summed E-state index contributed by atoms with van der Waals surface area (Å²) in [6, 6.07) is 14.4. The van der Waals surface area contributed by atoms with E-state index >= 15 is 0 Å². The molecule has 3 rings (SSSR count). The minimum atomic E-state index is 0.154. The van der Waals surface area contributed by atoms with Gasteiger partial charge < -0.3 is 19.3 Å². The maximum atomic E-state index is 12.9. The Labute approximate surface area is 199 Å². The second kappa shape index (κ2) is 12.6. The molecule has 0 spiro atoms. The SMILES string of the molecule is CCCOc1ccc(CN2CCOc3ccccc3CC(=O)N(CC)CC2)cc1CN(C)C. The second-order valence-corrected chi connectivity index (χ2v) is 8.91. The van der Waals surface area contributed by atoms with Crippen LogP contribution in [0.3, 0.4) is 0 Å². The van der Waals surface area contributed by atoms with E-state index in [1.807, 2.05) is 36.1 Å². The molecule has 33 heavy (non-hydrogen) atoms. The molecule has 0 radical (unpaired) electrons. The van der Waals surface area contributed by atoms with E-state index in [0.29, 0.717) is 19.6 Å². The van der Waals surface area contributed by atoms with E-state index in [4.69, 9.17) is 9.47 Å². The number of hydrogen-bond acceptors (Lipinski definition) is 5. The number of fused-ring (bicyclic) bond motifs is 1. The molecule has 2 aromatic carbocycles. The number of likely N-dealkylation sites (N-methyl/N-ethyl adjacent to an activating group) is 1. The van der Waals surface area contributed by atoms with Crippen LogP contribution in [-0.4, -0.2) is 74.1 Å². The summed E-state index contributed by atoms with van der Waals surface area (Å²) in [5.74, 6) is 1.94. The van der Waals surface area contributed by atoms with Gasteiger partial charge in [0.25, 0.3) is 0 Å². The number of ether oxygens (including phenoxy) is 2. The molecular formula is C27H39N3O3. The Morgan fingerprint density at radius 3 is 2.64 bits per heavy atom. The molecule has 0 aliphatic carbocycles. The van der Waals surface area contributed by atoms with Crippen molar-refractivity contribution in [3.63, 3.8) is 0 Å². The fourth-order valence-corrected chi connectivity index (χ4v) is 4.15. The van der Waals surface area contributed by atoms with Crippen LogP contribution in [0.5, 0.6) is 11.5 Å². The topological polar surface area (TPSA) is 45.3 Å². The zero-order chi connectivity index (χ0) is 23.6. The number of benzene rings is 2. The lowest BCUT2D eigenvalue weighted by Gasteiger charge is -2.27. The van der Waals surface area contributed by atoms with Crippen LogP contribution in [0.2, 0.25) is 0 Å². The van der Waals surface area contributed by atoms with Crippen molar-refractivity contribution in [2.24, 2.45) is 0 Å². The molecule has 0 aromatic heterocycles. The van der Waals surface area contributed by atoms with Crippen molar-refractivity contribution in [2.75, 3.05) is 53.5 Å². The molecule has 180 valence electrons. The Kier molecular flexibility index (Phi) is 9.58. The quantitative estimate of drug-likeness (QED) is 0.608. The summed E-state index contributed by atoms with van der Waals surface area (Å²) >= 11 is 0. The maximum absolute atomic E-state index is 12.9. The van der Waals surface area contributed by atoms with E-state index in [9.17, 15) is 4.79 Å². The third-order valence-electron chi connectivity index (χ3n) is 5.88. The van der Waals surface area contributed by atoms with Crippen LogP contribution in [0.15, 0.2) is 42.5 Å². The summed E-state index contributed by atoms with van der Waals surface area (Å²) in [5, 5.41) is 0. The first-order chi connectivity index (χ1) is 16.0. The van der Waals surface area contributed by atoms with Crippen molar-refractivity contribution in [1.29, 1.82) is 0 Å². The third kappa shape index (κ3) is 7.47. The molecular weight excluding hydrogens is 414 g/mol. The molecule has 0 unspecified atom stereocenters. The van der Waals surface area contributed by atoms with E-state index in [0.717, 1.165) is 62.8 Å². The first-order valence-corrected chi connectivity index (χ1v) is 12.1. The molecule has 1 heterocycles. The van der Waals surface area contributed by atoms with Gasteiger partial charge in [-0.1, -0.05) is 31.2 Å². The van der Waals surface area contributed by atoms with Crippen LogP contribution < -0.4 is 9.47 Å². The van der Waals surface area contributed by atoms with E-state index in [1.54, 1.807) is 0 Å². The lowest BCUT2D eigenvalue weighted by molar-refractivity contribution is -0.130. The molecule has 6 nitrogen and oxygen atoms in total. The highest BCUT2D eigenvalue weighted by Gasteiger charge is 2.18. The molecule has 0 saturated heterocycles. The first-order valence-electron chi connectivity index (χ1n) is 12.1. The van der Waals surface area contributed by atoms with E-state index < -0.39 is 0 Å². The number of amides is 1. The Morgan fingerprint density at radius 2 is 1.88 bits per heavy atom. The Hall–Kier alpha value is -2.57. The fourth-order valence-electron chi connectivity index (χ4n) is 4.15. The monoisotopic (exact) mass is 453 g/mol. The van der Waals surface area contributed by atoms with Crippen molar-refractivity contribution >= 4 is 5.91 Å². The highest BCUT2D eigenvalue weighted by molar-refractivity contribution is 5.79. The number of rotatable bonds is 8. The van der Waals surface area contributed by atoms with Crippen molar-refractivity contribution in [1.82, 2.24) is 14.7 Å². The minimum absolute atomic E-state index is 0.154. The van der Waals surface area contributed by atoms with Gasteiger partial charge in [0.1, 0.15) is 18.1 Å². The van der Waals surface area contributed by atoms with Crippen LogP contribution in [0, 0.1) is 0 Å². The van der Waals surface area contributed by atoms with Gasteiger partial charge >= 0.3 is 0 Å². The number of hydrogen-bond donors (Lipinski definition) is 0. The molecule has 0 atom stereocenters. The highest BCUT2D eigenvalue weighted by atomic mass is 16.5. The first kappa shape index (κ1) is 25.1. The molecule has 6 heteroatoms. The maximum Gasteiger partial charge on any atom is 0.227 e. The average Bonchev–Trinajstić information content (AvgIpc) is 2.81. The van der Waals surface area contributed by atoms with Crippen LogP contribution in [-0.2, 0) is 24.3 Å². The Bertz CT molecular complexity index is 900. The van der Waals surface area contributed by atoms with Crippen LogP contribution in [0.25, 0.3) is 0 Å². The Morgan fingerprint density at radius 1 is 1.06 bits per heavy atom. The molecule has 2 aromatic rings. The summed E-state index contributed by atoms with van der Waals surface area (Å²) in [7, 11) is 4.16. The molecule has 0 fully saturated rings. The fraction of sp³-hybridized carbons (Fsp3) is 0.519. The smallest absolute Gasteiger partial charge is 0.227 e. The zero-order valence-corrected chi connectivity index (χ0v) is 20.7. The number of para-hydroxylation sites is 1. The number of nitrogens with zero attached hydrogens (tertiary/aromatic N) is 3. The predicted octanol–water partition coefficient (Wildman–Crippen LogP) is 3.82. The highest BCUT2D eigenvalue weighted by Crippen LogP contribution is 2.23. The van der Waals surface area contributed by atoms with Gasteiger partial charge in [-0.15, -0.1) is 0 Å². The van der Waals surface area contributed by atoms with Gasteiger partial charge in [0.05, 0.1) is 13.0 Å². The molecule has 1 aliphatic rings. The van der Waals surface area contributed by atoms with Crippen molar-refractivity contribution in [3.05, 3.63) is 59.2 Å². The molecule has 0 bridgehead atoms. The van der Waals surface area contributed by atoms with Gasteiger partial charge in [0.2, 0.25) is 5.91 Å². The third-order valence-corrected chi connectivity index (χ3v) is 5.88. The molecule has 1 amide bonds. The standard InChI is InChI=1S/C27H39N3O3/c1-5-16-32-26-12-11-22(18-24(26)21-28(3)4)20-29-13-14-30(6-2)27(31)19-23-9-7-8-10-25(23)33-17-15-29/h7-12,18H,5-6,13-17,19-21H2,1-4H3. The second-order valence-electron chi connectivity index (χ2n) is 8.91. The van der Waals surface area contributed by atoms with Crippen LogP contribution in [0.4, 0.5) is 0 Å². The summed E-state index contributed by atoms with van der Waals surface area (Å²) < 4.78 is 12.1. The predicted molar refractivity (Wildman–Crippen MR) is 133 cm³/mol. The van der Waals surface area contributed by atoms with Gasteiger partial charge in [-0.25, -0.2) is 0 Å². The minimum Gasteiger partial charge on any atom is -0.493 e. The van der Waals surface area contributed by atoms with Gasteiger partial charge in [-0.2, -0.15) is 0 Å². The zero-order valence-electron chi connectivity index (χ0n) is 20.7. The molecule has 0 saturated carbocycles. The van der Waals surface area contributed by atoms with E-state index in [1.165, 1.54) is 11.1 Å². The van der Waals surface area contributed by atoms with Gasteiger partial charge in [-0.3, -0.25) is 9.69 Å². The van der Waals surface area contributed by atoms with Crippen molar-refractivity contribution < 1.29 is 14.3 Å². The molecule has 1 aliphatic heterocycles. The normalized spacial score (nSPS) is 15.7. The molecule has 0 N–H and O–H groups in total. The van der Waals surface area contributed by atoms with Crippen LogP contribution in [0.1, 0.15) is 37.0 Å². The van der Waals surface area contributed by atoms with Crippen LogP contribution >= 0.6 is 0 Å². The van der Waals surface area contributed by atoms with E-state index in [-0.39, 0.29) is 5.91 Å². The van der Waals surface area contributed by atoms with Gasteiger partial charge in [-0.05, 0) is 51.2 Å². The lowest BCUT2D eigenvalue weighted by Crippen LogP contribution is -2.39. The summed E-state index contributed by atoms with van der Waals surface area (Å²) in [5.41, 5.74) is 3.42. The largest absolute Gasteiger partial charge is 0.493 e. The number of carbonyl (C=O) groups excluding carboxylic acids is 1. The summed E-state index contributed by atoms with van der Waals surface area (Å²) in [6.07, 6.45) is 1.38. The number of carbonyl (C=O) groups is 1. The summed E-state index contributed by atoms with van der Waals surface area (Å²) in [6.45, 7) is 10.2. The van der Waals surface area contributed by atoms with E-state index in [2.05, 4.69) is 49.0 Å². The Balaban J connectivity index is 1.77. The average molecular weight is 454 g/mol.